The summed E-state index contributed by atoms with van der Waals surface area (Å²) in [6.07, 6.45) is 3.29. The van der Waals surface area contributed by atoms with E-state index in [4.69, 9.17) is 4.74 Å². The molecule has 0 aliphatic rings. The molecule has 2 aromatic heterocycles. The van der Waals surface area contributed by atoms with Crippen molar-refractivity contribution in [3.63, 3.8) is 0 Å². The fourth-order valence-electron chi connectivity index (χ4n) is 1.56. The van der Waals surface area contributed by atoms with Crippen LogP contribution >= 0.6 is 0 Å². The second-order valence-electron chi connectivity index (χ2n) is 3.76. The van der Waals surface area contributed by atoms with Gasteiger partial charge in [-0.1, -0.05) is 0 Å². The van der Waals surface area contributed by atoms with Gasteiger partial charge in [-0.05, 0) is 25.1 Å². The fourth-order valence-corrected chi connectivity index (χ4v) is 1.56. The molecule has 0 N–H and O–H groups in total. The van der Waals surface area contributed by atoms with Crippen molar-refractivity contribution in [2.75, 3.05) is 6.61 Å². The molecule has 0 atom stereocenters. The zero-order valence-corrected chi connectivity index (χ0v) is 10.4. The van der Waals surface area contributed by atoms with Crippen LogP contribution in [0.5, 0.6) is 0 Å². The van der Waals surface area contributed by atoms with E-state index in [1.54, 1.807) is 31.5 Å². The Hall–Kier alpha value is -2.50. The number of carbonyl (C=O) groups is 1. The van der Waals surface area contributed by atoms with Crippen LogP contribution in [0, 0.1) is 0 Å². The molecule has 98 valence electrons. The largest absolute Gasteiger partial charge is 0.465 e. The summed E-state index contributed by atoms with van der Waals surface area (Å²) in [7, 11) is 0. The number of esters is 1. The Bertz CT molecular complexity index is 623. The van der Waals surface area contributed by atoms with Crippen LogP contribution in [0.4, 0.5) is 0 Å². The summed E-state index contributed by atoms with van der Waals surface area (Å²) < 4.78 is 5.88. The Morgan fingerprint density at radius 1 is 1.37 bits per heavy atom. The van der Waals surface area contributed by atoms with Crippen molar-refractivity contribution in [1.82, 2.24) is 14.8 Å². The van der Waals surface area contributed by atoms with E-state index in [-0.39, 0.29) is 18.7 Å². The number of carbonyl (C=O) groups excluding carboxylic acids is 1. The lowest BCUT2D eigenvalue weighted by Crippen LogP contribution is -2.27. The molecule has 2 heterocycles. The van der Waals surface area contributed by atoms with Crippen molar-refractivity contribution in [2.24, 2.45) is 0 Å². The predicted octanol–water partition coefficient (Wildman–Crippen LogP) is 0.868. The third-order valence-corrected chi connectivity index (χ3v) is 2.41. The van der Waals surface area contributed by atoms with Gasteiger partial charge in [0.15, 0.2) is 0 Å². The zero-order valence-electron chi connectivity index (χ0n) is 10.4. The molecule has 0 fully saturated rings. The van der Waals surface area contributed by atoms with Gasteiger partial charge < -0.3 is 4.74 Å². The van der Waals surface area contributed by atoms with Gasteiger partial charge in [0.2, 0.25) is 0 Å². The van der Waals surface area contributed by atoms with E-state index < -0.39 is 5.97 Å². The van der Waals surface area contributed by atoms with Gasteiger partial charge in [0, 0.05) is 24.0 Å². The minimum atomic E-state index is -0.486. The molecular formula is C13H13N3O3. The Balaban J connectivity index is 2.30. The van der Waals surface area contributed by atoms with Gasteiger partial charge in [0.05, 0.1) is 12.3 Å². The van der Waals surface area contributed by atoms with Gasteiger partial charge >= 0.3 is 5.97 Å². The SMILES string of the molecule is CCOC(=O)Cn1nc(-c2cccnc2)ccc1=O. The molecule has 0 saturated carbocycles. The summed E-state index contributed by atoms with van der Waals surface area (Å²) >= 11 is 0. The Kier molecular flexibility index (Phi) is 4.02. The van der Waals surface area contributed by atoms with Crippen molar-refractivity contribution in [3.05, 3.63) is 47.0 Å². The number of hydrogen-bond acceptors (Lipinski definition) is 5. The fraction of sp³-hybridized carbons (Fsp3) is 0.231. The average Bonchev–Trinajstić information content (AvgIpc) is 2.42. The molecular weight excluding hydrogens is 246 g/mol. The highest BCUT2D eigenvalue weighted by atomic mass is 16.5. The molecule has 2 rings (SSSR count). The first-order valence-electron chi connectivity index (χ1n) is 5.85. The molecule has 6 nitrogen and oxygen atoms in total. The molecule has 0 radical (unpaired) electrons. The van der Waals surface area contributed by atoms with Gasteiger partial charge in [0.25, 0.3) is 5.56 Å². The van der Waals surface area contributed by atoms with Gasteiger partial charge in [-0.15, -0.1) is 0 Å². The molecule has 0 aromatic carbocycles. The highest BCUT2D eigenvalue weighted by Gasteiger charge is 2.08. The number of rotatable bonds is 4. The predicted molar refractivity (Wildman–Crippen MR) is 68.4 cm³/mol. The first-order valence-corrected chi connectivity index (χ1v) is 5.85. The van der Waals surface area contributed by atoms with E-state index in [1.165, 1.54) is 6.07 Å². The molecule has 0 aliphatic carbocycles. The van der Waals surface area contributed by atoms with E-state index in [1.807, 2.05) is 6.07 Å². The minimum absolute atomic E-state index is 0.194. The van der Waals surface area contributed by atoms with Crippen molar-refractivity contribution < 1.29 is 9.53 Å². The summed E-state index contributed by atoms with van der Waals surface area (Å²) in [6.45, 7) is 1.79. The molecule has 19 heavy (non-hydrogen) atoms. The van der Waals surface area contributed by atoms with E-state index in [0.717, 1.165) is 10.2 Å². The smallest absolute Gasteiger partial charge is 0.327 e. The quantitative estimate of drug-likeness (QED) is 0.762. The zero-order chi connectivity index (χ0) is 13.7. The lowest BCUT2D eigenvalue weighted by molar-refractivity contribution is -0.144. The second-order valence-corrected chi connectivity index (χ2v) is 3.76. The Labute approximate surface area is 109 Å². The van der Waals surface area contributed by atoms with Crippen LogP contribution in [0.2, 0.25) is 0 Å². The Morgan fingerprint density at radius 2 is 2.21 bits per heavy atom. The molecule has 0 bridgehead atoms. The number of ether oxygens (including phenoxy) is 1. The highest BCUT2D eigenvalue weighted by Crippen LogP contribution is 2.12. The van der Waals surface area contributed by atoms with Crippen molar-refractivity contribution in [3.8, 4) is 11.3 Å². The number of nitrogens with zero attached hydrogens (tertiary/aromatic N) is 3. The second kappa shape index (κ2) is 5.90. The normalized spacial score (nSPS) is 10.2. The Morgan fingerprint density at radius 3 is 2.89 bits per heavy atom. The van der Waals surface area contributed by atoms with Crippen molar-refractivity contribution in [1.29, 1.82) is 0 Å². The number of hydrogen-bond donors (Lipinski definition) is 0. The lowest BCUT2D eigenvalue weighted by atomic mass is 10.2. The van der Waals surface area contributed by atoms with E-state index in [9.17, 15) is 9.59 Å². The third kappa shape index (κ3) is 3.25. The number of pyridine rings is 1. The first-order chi connectivity index (χ1) is 9.20. The topological polar surface area (TPSA) is 74.1 Å². The van der Waals surface area contributed by atoms with Crippen LogP contribution in [0.25, 0.3) is 11.3 Å². The minimum Gasteiger partial charge on any atom is -0.465 e. The van der Waals surface area contributed by atoms with Crippen molar-refractivity contribution in [2.45, 2.75) is 13.5 Å². The highest BCUT2D eigenvalue weighted by molar-refractivity contribution is 5.69. The molecule has 2 aromatic rings. The maximum absolute atomic E-state index is 11.6. The third-order valence-electron chi connectivity index (χ3n) is 2.41. The van der Waals surface area contributed by atoms with E-state index >= 15 is 0 Å². The molecule has 0 spiro atoms. The van der Waals surface area contributed by atoms with Crippen LogP contribution in [0.1, 0.15) is 6.92 Å². The van der Waals surface area contributed by atoms with E-state index in [2.05, 4.69) is 10.1 Å². The summed E-state index contributed by atoms with van der Waals surface area (Å²) in [5, 5.41) is 4.13. The maximum Gasteiger partial charge on any atom is 0.327 e. The molecule has 0 unspecified atom stereocenters. The van der Waals surface area contributed by atoms with Crippen LogP contribution in [-0.4, -0.2) is 27.3 Å². The first kappa shape index (κ1) is 12.9. The van der Waals surface area contributed by atoms with E-state index in [0.29, 0.717) is 5.69 Å². The van der Waals surface area contributed by atoms with Gasteiger partial charge in [-0.25, -0.2) is 4.68 Å². The van der Waals surface area contributed by atoms with Crippen LogP contribution in [0.3, 0.4) is 0 Å². The van der Waals surface area contributed by atoms with Crippen molar-refractivity contribution >= 4 is 5.97 Å². The van der Waals surface area contributed by atoms with Crippen LogP contribution in [0.15, 0.2) is 41.5 Å². The lowest BCUT2D eigenvalue weighted by Gasteiger charge is -2.06. The number of aromatic nitrogens is 3. The van der Waals surface area contributed by atoms with Gasteiger partial charge in [0.1, 0.15) is 6.54 Å². The summed E-state index contributed by atoms with van der Waals surface area (Å²) in [5.74, 6) is -0.486. The molecule has 0 amide bonds. The average molecular weight is 259 g/mol. The monoisotopic (exact) mass is 259 g/mol. The summed E-state index contributed by atoms with van der Waals surface area (Å²) in [6, 6.07) is 6.57. The standard InChI is InChI=1S/C13H13N3O3/c1-2-19-13(18)9-16-12(17)6-5-11(15-16)10-4-3-7-14-8-10/h3-8H,2,9H2,1H3. The molecule has 0 aliphatic heterocycles. The summed E-state index contributed by atoms with van der Waals surface area (Å²) in [4.78, 5) is 27.0. The van der Waals surface area contributed by atoms with Gasteiger partial charge in [-0.3, -0.25) is 14.6 Å². The molecule has 6 heteroatoms. The van der Waals surface area contributed by atoms with Crippen LogP contribution in [-0.2, 0) is 16.1 Å². The van der Waals surface area contributed by atoms with Gasteiger partial charge in [-0.2, -0.15) is 5.10 Å². The van der Waals surface area contributed by atoms with Crippen LogP contribution < -0.4 is 5.56 Å². The molecule has 0 saturated heterocycles. The summed E-state index contributed by atoms with van der Waals surface area (Å²) in [5.41, 5.74) is 1.01. The maximum atomic E-state index is 11.6.